The Labute approximate surface area is 149 Å². The molecule has 0 atom stereocenters. The number of rotatable bonds is 2. The molecule has 1 heterocycles. The molecule has 22 heavy (non-hydrogen) atoms. The Hall–Kier alpha value is -0.764. The summed E-state index contributed by atoms with van der Waals surface area (Å²) in [7, 11) is -1.32. The van der Waals surface area contributed by atoms with Gasteiger partial charge in [-0.3, -0.25) is 0 Å². The van der Waals surface area contributed by atoms with E-state index in [1.54, 1.807) is 0 Å². The molecule has 0 fully saturated rings. The van der Waals surface area contributed by atoms with Crippen LogP contribution in [0.5, 0.6) is 0 Å². The van der Waals surface area contributed by atoms with Crippen molar-refractivity contribution in [3.05, 3.63) is 47.7 Å². The third-order valence-electron chi connectivity index (χ3n) is 3.86. The summed E-state index contributed by atoms with van der Waals surface area (Å²) in [6, 6.07) is 11.9. The van der Waals surface area contributed by atoms with Gasteiger partial charge in [0.15, 0.2) is 0 Å². The van der Waals surface area contributed by atoms with Crippen LogP contribution in [0, 0.1) is 13.0 Å². The molecule has 0 saturated heterocycles. The minimum Gasteiger partial charge on any atom is -0.305 e. The number of nitrogens with zero attached hydrogens (tertiary/aromatic N) is 1. The van der Waals surface area contributed by atoms with Crippen LogP contribution in [0.25, 0.3) is 11.3 Å². The van der Waals surface area contributed by atoms with Gasteiger partial charge in [0.05, 0.1) is 8.07 Å². The fourth-order valence-electron chi connectivity index (χ4n) is 2.57. The second kappa shape index (κ2) is 6.78. The monoisotopic (exact) mass is 489 g/mol. The van der Waals surface area contributed by atoms with Crippen LogP contribution in [0.2, 0.25) is 19.6 Å². The van der Waals surface area contributed by atoms with Gasteiger partial charge < -0.3 is 4.98 Å². The summed E-state index contributed by atoms with van der Waals surface area (Å²) in [5.74, 6) is 0. The van der Waals surface area contributed by atoms with Crippen molar-refractivity contribution in [1.82, 2.24) is 4.98 Å². The second-order valence-electron chi connectivity index (χ2n) is 7.88. The zero-order valence-electron chi connectivity index (χ0n) is 14.7. The fourth-order valence-corrected chi connectivity index (χ4v) is 4.28. The van der Waals surface area contributed by atoms with Gasteiger partial charge in [-0.05, 0) is 23.2 Å². The molecule has 0 saturated carbocycles. The average Bonchev–Trinajstić information content (AvgIpc) is 2.36. The van der Waals surface area contributed by atoms with Crippen LogP contribution in [0.1, 0.15) is 31.9 Å². The van der Waals surface area contributed by atoms with Crippen molar-refractivity contribution < 1.29 is 20.1 Å². The summed E-state index contributed by atoms with van der Waals surface area (Å²) < 4.78 is 0. The summed E-state index contributed by atoms with van der Waals surface area (Å²) >= 11 is 0. The van der Waals surface area contributed by atoms with Crippen LogP contribution in [0.15, 0.2) is 30.5 Å². The van der Waals surface area contributed by atoms with Crippen LogP contribution in [-0.4, -0.2) is 13.1 Å². The Morgan fingerprint density at radius 1 is 1.09 bits per heavy atom. The third kappa shape index (κ3) is 4.38. The maximum Gasteiger partial charge on any atom is 0.0798 e. The minimum absolute atomic E-state index is 0. The van der Waals surface area contributed by atoms with E-state index in [9.17, 15) is 0 Å². The van der Waals surface area contributed by atoms with Gasteiger partial charge in [-0.15, -0.1) is 35.4 Å². The van der Waals surface area contributed by atoms with Gasteiger partial charge in [-0.25, -0.2) is 0 Å². The number of pyridine rings is 1. The molecule has 0 amide bonds. The van der Waals surface area contributed by atoms with Gasteiger partial charge >= 0.3 is 0 Å². The van der Waals surface area contributed by atoms with E-state index >= 15 is 0 Å². The molecule has 1 aromatic heterocycles. The van der Waals surface area contributed by atoms with Gasteiger partial charge in [0.1, 0.15) is 0 Å². The van der Waals surface area contributed by atoms with Crippen molar-refractivity contribution in [1.29, 1.82) is 0 Å². The first kappa shape index (κ1) is 19.3. The van der Waals surface area contributed by atoms with Gasteiger partial charge in [-0.1, -0.05) is 52.0 Å². The Kier molecular flexibility index (Phi) is 5.94. The van der Waals surface area contributed by atoms with E-state index in [0.717, 1.165) is 11.3 Å². The van der Waals surface area contributed by atoms with Crippen molar-refractivity contribution in [3.8, 4) is 11.3 Å². The minimum atomic E-state index is -1.32. The smallest absolute Gasteiger partial charge is 0.0798 e. The average molecular weight is 489 g/mol. The van der Waals surface area contributed by atoms with Gasteiger partial charge in [-0.2, -0.15) is 0 Å². The maximum absolute atomic E-state index is 4.70. The van der Waals surface area contributed by atoms with Crippen LogP contribution in [-0.2, 0) is 25.5 Å². The van der Waals surface area contributed by atoms with Gasteiger partial charge in [0.2, 0.25) is 0 Å². The third-order valence-corrected chi connectivity index (χ3v) is 6.00. The van der Waals surface area contributed by atoms with Crippen molar-refractivity contribution >= 4 is 13.3 Å². The number of aromatic nitrogens is 1. The topological polar surface area (TPSA) is 12.9 Å². The number of hydrogen-bond acceptors (Lipinski definition) is 1. The number of benzene rings is 1. The van der Waals surface area contributed by atoms with E-state index in [0.29, 0.717) is 0 Å². The molecule has 0 spiro atoms. The molecule has 0 bridgehead atoms. The molecule has 2 rings (SSSR count). The summed E-state index contributed by atoms with van der Waals surface area (Å²) in [4.78, 5) is 4.70. The first-order valence-electron chi connectivity index (χ1n) is 7.59. The van der Waals surface area contributed by atoms with Gasteiger partial charge in [0.25, 0.3) is 0 Å². The van der Waals surface area contributed by atoms with Gasteiger partial charge in [0, 0.05) is 26.3 Å². The molecule has 3 heteroatoms. The summed E-state index contributed by atoms with van der Waals surface area (Å²) in [5.41, 5.74) is 4.95. The van der Waals surface area contributed by atoms with E-state index in [4.69, 9.17) is 4.98 Å². The normalized spacial score (nSPS) is 12.0. The van der Waals surface area contributed by atoms with Crippen LogP contribution in [0.3, 0.4) is 0 Å². The molecule has 1 aromatic carbocycles. The molecule has 0 aliphatic rings. The quantitative estimate of drug-likeness (QED) is 0.441. The number of hydrogen-bond donors (Lipinski definition) is 0. The molecule has 0 aliphatic carbocycles. The summed E-state index contributed by atoms with van der Waals surface area (Å²) in [5, 5.41) is 1.44. The van der Waals surface area contributed by atoms with E-state index in [-0.39, 0.29) is 25.5 Å². The van der Waals surface area contributed by atoms with E-state index in [1.165, 1.54) is 16.3 Å². The fraction of sp³-hybridized carbons (Fsp3) is 0.421. The molecule has 0 aliphatic heterocycles. The standard InChI is InChI=1S/C19H26NSi.Ir/c1-14-11-17(20-13-18(14)21(5,6)7)15-9-8-10-16(12-15)19(2,3)4;/h8,10-13H,1-7H3;/q-1;. The van der Waals surface area contributed by atoms with Crippen molar-refractivity contribution in [2.24, 2.45) is 0 Å². The Morgan fingerprint density at radius 2 is 1.73 bits per heavy atom. The van der Waals surface area contributed by atoms with Crippen molar-refractivity contribution in [2.45, 2.75) is 52.8 Å². The molecular formula is C19H26IrNSi-. The molecule has 121 valence electrons. The van der Waals surface area contributed by atoms with Crippen LogP contribution >= 0.6 is 0 Å². The predicted octanol–water partition coefficient (Wildman–Crippen LogP) is 4.70. The van der Waals surface area contributed by atoms with E-state index in [1.807, 2.05) is 6.07 Å². The first-order chi connectivity index (χ1) is 9.59. The molecule has 1 radical (unpaired) electrons. The molecule has 2 aromatic rings. The predicted molar refractivity (Wildman–Crippen MR) is 94.9 cm³/mol. The van der Waals surface area contributed by atoms with E-state index in [2.05, 4.69) is 77.8 Å². The summed E-state index contributed by atoms with van der Waals surface area (Å²) in [6.07, 6.45) is 2.08. The zero-order chi connectivity index (χ0) is 15.8. The zero-order valence-corrected chi connectivity index (χ0v) is 18.1. The Balaban J connectivity index is 0.00000242. The summed E-state index contributed by atoms with van der Waals surface area (Å²) in [6.45, 7) is 16.0. The molecule has 0 unspecified atom stereocenters. The largest absolute Gasteiger partial charge is 0.305 e. The number of aryl methyl sites for hydroxylation is 1. The molecular weight excluding hydrogens is 463 g/mol. The molecule has 0 N–H and O–H groups in total. The SMILES string of the molecule is Cc1cc(-c2[c-]ccc(C(C)(C)C)c2)ncc1[Si](C)(C)C.[Ir]. The maximum atomic E-state index is 4.70. The Bertz CT molecular complexity index is 651. The van der Waals surface area contributed by atoms with E-state index < -0.39 is 8.07 Å². The van der Waals surface area contributed by atoms with Crippen LogP contribution < -0.4 is 5.19 Å². The second-order valence-corrected chi connectivity index (χ2v) is 12.9. The first-order valence-corrected chi connectivity index (χ1v) is 11.1. The molecule has 1 nitrogen and oxygen atoms in total. The van der Waals surface area contributed by atoms with Crippen molar-refractivity contribution in [3.63, 3.8) is 0 Å². The van der Waals surface area contributed by atoms with Crippen LogP contribution in [0.4, 0.5) is 0 Å². The Morgan fingerprint density at radius 3 is 2.23 bits per heavy atom. The van der Waals surface area contributed by atoms with Crippen molar-refractivity contribution in [2.75, 3.05) is 0 Å².